The van der Waals surface area contributed by atoms with Gasteiger partial charge in [0.05, 0.1) is 11.3 Å². The van der Waals surface area contributed by atoms with Crippen LogP contribution in [0.1, 0.15) is 32.3 Å². The first kappa shape index (κ1) is 17.4. The third kappa shape index (κ3) is 5.03. The lowest BCUT2D eigenvalue weighted by Gasteiger charge is -2.35. The second kappa shape index (κ2) is 8.06. The summed E-state index contributed by atoms with van der Waals surface area (Å²) in [4.78, 5) is 25.0. The molecule has 0 spiro atoms. The highest BCUT2D eigenvalue weighted by Crippen LogP contribution is 2.19. The Morgan fingerprint density at radius 3 is 2.91 bits per heavy atom. The molecular formula is C17H25N3O3. The normalized spacial score (nSPS) is 20.0. The van der Waals surface area contributed by atoms with E-state index in [2.05, 4.69) is 24.1 Å². The lowest BCUT2D eigenvalue weighted by Crippen LogP contribution is -2.46. The second-order valence-corrected chi connectivity index (χ2v) is 6.46. The van der Waals surface area contributed by atoms with Crippen LogP contribution in [0.15, 0.2) is 24.3 Å². The van der Waals surface area contributed by atoms with E-state index in [4.69, 9.17) is 0 Å². The van der Waals surface area contributed by atoms with Gasteiger partial charge in [-0.3, -0.25) is 19.8 Å². The Bertz CT molecular complexity index is 562. The molecule has 1 aromatic rings. The van der Waals surface area contributed by atoms with Gasteiger partial charge < -0.3 is 5.32 Å². The number of hydrogen-bond acceptors (Lipinski definition) is 4. The minimum atomic E-state index is -0.444. The van der Waals surface area contributed by atoms with E-state index in [1.807, 2.05) is 0 Å². The van der Waals surface area contributed by atoms with Crippen molar-refractivity contribution in [3.8, 4) is 0 Å². The van der Waals surface area contributed by atoms with Crippen molar-refractivity contribution in [2.24, 2.45) is 5.92 Å². The number of likely N-dealkylation sites (tertiary alicyclic amines) is 1. The Balaban J connectivity index is 1.84. The van der Waals surface area contributed by atoms with Gasteiger partial charge in [-0.15, -0.1) is 0 Å². The van der Waals surface area contributed by atoms with Gasteiger partial charge in [0, 0.05) is 30.8 Å². The lowest BCUT2D eigenvalue weighted by molar-refractivity contribution is -0.385. The summed E-state index contributed by atoms with van der Waals surface area (Å²) < 4.78 is 0. The average Bonchev–Trinajstić information content (AvgIpc) is 2.53. The SMILES string of the molecule is C[C@H]1CCCN([C@@H](C)CNC(=O)Cc2ccccc2[N+](=O)[O-])C1. The van der Waals surface area contributed by atoms with E-state index in [1.54, 1.807) is 18.2 Å². The van der Waals surface area contributed by atoms with E-state index >= 15 is 0 Å². The molecule has 0 saturated carbocycles. The molecule has 1 aliphatic heterocycles. The molecule has 1 aliphatic rings. The zero-order valence-electron chi connectivity index (χ0n) is 13.8. The average molecular weight is 319 g/mol. The molecule has 0 radical (unpaired) electrons. The molecule has 1 amide bonds. The number of benzene rings is 1. The highest BCUT2D eigenvalue weighted by atomic mass is 16.6. The van der Waals surface area contributed by atoms with Crippen molar-refractivity contribution in [2.75, 3.05) is 19.6 Å². The van der Waals surface area contributed by atoms with Crippen LogP contribution in [0.2, 0.25) is 0 Å². The highest BCUT2D eigenvalue weighted by Gasteiger charge is 2.21. The fourth-order valence-electron chi connectivity index (χ4n) is 3.09. The van der Waals surface area contributed by atoms with Gasteiger partial charge in [0.1, 0.15) is 0 Å². The number of hydrogen-bond donors (Lipinski definition) is 1. The first-order valence-corrected chi connectivity index (χ1v) is 8.20. The monoisotopic (exact) mass is 319 g/mol. The fraction of sp³-hybridized carbons (Fsp3) is 0.588. The lowest BCUT2D eigenvalue weighted by atomic mass is 9.99. The number of amides is 1. The standard InChI is InChI=1S/C17H25N3O3/c1-13-6-5-9-19(12-13)14(2)11-18-17(21)10-15-7-3-4-8-16(15)20(22)23/h3-4,7-8,13-14H,5-6,9-12H2,1-2H3,(H,18,21)/t13-,14-/m0/s1. The molecule has 0 unspecified atom stereocenters. The number of carbonyl (C=O) groups is 1. The Hall–Kier alpha value is -1.95. The van der Waals surface area contributed by atoms with Crippen LogP contribution in [-0.4, -0.2) is 41.4 Å². The summed E-state index contributed by atoms with van der Waals surface area (Å²) in [5.74, 6) is 0.532. The van der Waals surface area contributed by atoms with Gasteiger partial charge in [-0.2, -0.15) is 0 Å². The quantitative estimate of drug-likeness (QED) is 0.645. The molecule has 1 heterocycles. The van der Waals surface area contributed by atoms with Gasteiger partial charge in [0.15, 0.2) is 0 Å². The molecule has 23 heavy (non-hydrogen) atoms. The first-order chi connectivity index (χ1) is 11.0. The summed E-state index contributed by atoms with van der Waals surface area (Å²) in [6.45, 7) is 7.09. The number of nitrogens with one attached hydrogen (secondary N) is 1. The molecule has 2 atom stereocenters. The number of nitrogens with zero attached hydrogens (tertiary/aromatic N) is 2. The summed E-state index contributed by atoms with van der Waals surface area (Å²) in [6, 6.07) is 6.67. The Morgan fingerprint density at radius 2 is 2.22 bits per heavy atom. The maximum Gasteiger partial charge on any atom is 0.273 e. The second-order valence-electron chi connectivity index (χ2n) is 6.46. The van der Waals surface area contributed by atoms with Crippen molar-refractivity contribution in [1.29, 1.82) is 0 Å². The van der Waals surface area contributed by atoms with Gasteiger partial charge in [-0.1, -0.05) is 25.1 Å². The van der Waals surface area contributed by atoms with E-state index in [9.17, 15) is 14.9 Å². The maximum absolute atomic E-state index is 12.1. The minimum absolute atomic E-state index is 0.000513. The van der Waals surface area contributed by atoms with Crippen LogP contribution in [0.5, 0.6) is 0 Å². The van der Waals surface area contributed by atoms with Gasteiger partial charge in [-0.05, 0) is 32.2 Å². The zero-order valence-corrected chi connectivity index (χ0v) is 13.8. The molecule has 0 bridgehead atoms. The van der Waals surface area contributed by atoms with E-state index in [0.717, 1.165) is 13.1 Å². The number of para-hydroxylation sites is 1. The molecule has 0 aliphatic carbocycles. The number of piperidine rings is 1. The fourth-order valence-corrected chi connectivity index (χ4v) is 3.09. The molecular weight excluding hydrogens is 294 g/mol. The molecule has 6 nitrogen and oxygen atoms in total. The summed E-state index contributed by atoms with van der Waals surface area (Å²) in [5, 5.41) is 13.9. The van der Waals surface area contributed by atoms with Gasteiger partial charge >= 0.3 is 0 Å². The predicted molar refractivity (Wildman–Crippen MR) is 89.2 cm³/mol. The van der Waals surface area contributed by atoms with E-state index in [-0.39, 0.29) is 24.1 Å². The molecule has 126 valence electrons. The smallest absolute Gasteiger partial charge is 0.273 e. The van der Waals surface area contributed by atoms with Crippen LogP contribution >= 0.6 is 0 Å². The van der Waals surface area contributed by atoms with Crippen LogP contribution in [0.25, 0.3) is 0 Å². The molecule has 1 fully saturated rings. The predicted octanol–water partition coefficient (Wildman–Crippen LogP) is 2.37. The van der Waals surface area contributed by atoms with Crippen molar-refractivity contribution in [3.63, 3.8) is 0 Å². The third-order valence-electron chi connectivity index (χ3n) is 4.45. The summed E-state index contributed by atoms with van der Waals surface area (Å²) in [7, 11) is 0. The highest BCUT2D eigenvalue weighted by molar-refractivity contribution is 5.79. The summed E-state index contributed by atoms with van der Waals surface area (Å²) in [6.07, 6.45) is 2.52. The van der Waals surface area contributed by atoms with Crippen molar-refractivity contribution in [2.45, 2.75) is 39.2 Å². The van der Waals surface area contributed by atoms with Gasteiger partial charge in [-0.25, -0.2) is 0 Å². The topological polar surface area (TPSA) is 75.5 Å². The summed E-state index contributed by atoms with van der Waals surface area (Å²) >= 11 is 0. The molecule has 1 saturated heterocycles. The minimum Gasteiger partial charge on any atom is -0.354 e. The molecule has 0 aromatic heterocycles. The van der Waals surface area contributed by atoms with Crippen molar-refractivity contribution >= 4 is 11.6 Å². The molecule has 2 rings (SSSR count). The first-order valence-electron chi connectivity index (χ1n) is 8.20. The molecule has 1 aromatic carbocycles. The van der Waals surface area contributed by atoms with Gasteiger partial charge in [0.25, 0.3) is 5.69 Å². The zero-order chi connectivity index (χ0) is 16.8. The maximum atomic E-state index is 12.1. The van der Waals surface area contributed by atoms with Gasteiger partial charge in [0.2, 0.25) is 5.91 Å². The van der Waals surface area contributed by atoms with Crippen molar-refractivity contribution < 1.29 is 9.72 Å². The van der Waals surface area contributed by atoms with Crippen molar-refractivity contribution in [3.05, 3.63) is 39.9 Å². The van der Waals surface area contributed by atoms with E-state index in [0.29, 0.717) is 18.0 Å². The molecule has 1 N–H and O–H groups in total. The Kier molecular flexibility index (Phi) is 6.10. The number of carbonyl (C=O) groups excluding carboxylic acids is 1. The van der Waals surface area contributed by atoms with E-state index < -0.39 is 4.92 Å². The number of nitro groups is 1. The van der Waals surface area contributed by atoms with Crippen LogP contribution in [0, 0.1) is 16.0 Å². The molecule has 6 heteroatoms. The number of nitro benzene ring substituents is 1. The number of rotatable bonds is 6. The third-order valence-corrected chi connectivity index (χ3v) is 4.45. The van der Waals surface area contributed by atoms with Crippen LogP contribution in [0.3, 0.4) is 0 Å². The largest absolute Gasteiger partial charge is 0.354 e. The Morgan fingerprint density at radius 1 is 1.48 bits per heavy atom. The van der Waals surface area contributed by atoms with Crippen LogP contribution < -0.4 is 5.32 Å². The summed E-state index contributed by atoms with van der Waals surface area (Å²) in [5.41, 5.74) is 0.454. The van der Waals surface area contributed by atoms with Crippen molar-refractivity contribution in [1.82, 2.24) is 10.2 Å². The Labute approximate surface area is 137 Å². The van der Waals surface area contributed by atoms with Crippen LogP contribution in [-0.2, 0) is 11.2 Å². The van der Waals surface area contributed by atoms with E-state index in [1.165, 1.54) is 18.9 Å². The van der Waals surface area contributed by atoms with Crippen LogP contribution in [0.4, 0.5) is 5.69 Å².